The summed E-state index contributed by atoms with van der Waals surface area (Å²) in [6, 6.07) is 61.0. The van der Waals surface area contributed by atoms with E-state index in [0.29, 0.717) is 5.89 Å². The number of oxazole rings is 1. The number of aromatic nitrogens is 2. The predicted octanol–water partition coefficient (Wildman–Crippen LogP) is 12.7. The number of benzene rings is 8. The van der Waals surface area contributed by atoms with E-state index in [4.69, 9.17) is 9.40 Å². The highest BCUT2D eigenvalue weighted by molar-refractivity contribution is 6.16. The molecule has 2 aromatic heterocycles. The van der Waals surface area contributed by atoms with Crippen LogP contribution < -0.4 is 0 Å². The normalized spacial score (nSPS) is 12.0. The Labute approximate surface area is 288 Å². The molecule has 50 heavy (non-hydrogen) atoms. The molecule has 0 unspecified atom stereocenters. The van der Waals surface area contributed by atoms with E-state index in [1.165, 1.54) is 65.6 Å². The highest BCUT2D eigenvalue weighted by atomic mass is 16.4. The summed E-state index contributed by atoms with van der Waals surface area (Å²) in [6.45, 7) is 0. The molecule has 0 fully saturated rings. The molecule has 0 N–H and O–H groups in total. The molecule has 8 aromatic carbocycles. The molecule has 1 aliphatic carbocycles. The van der Waals surface area contributed by atoms with Crippen molar-refractivity contribution in [3.05, 3.63) is 170 Å². The molecular formula is C47H28N2O. The number of nitrogens with zero attached hydrogens (tertiary/aromatic N) is 2. The zero-order chi connectivity index (χ0) is 32.8. The second kappa shape index (κ2) is 10.4. The Morgan fingerprint density at radius 1 is 0.420 bits per heavy atom. The van der Waals surface area contributed by atoms with Crippen molar-refractivity contribution >= 4 is 43.4 Å². The molecule has 0 saturated heterocycles. The van der Waals surface area contributed by atoms with Crippen molar-refractivity contribution in [3.63, 3.8) is 0 Å². The van der Waals surface area contributed by atoms with Crippen molar-refractivity contribution in [1.29, 1.82) is 0 Å². The van der Waals surface area contributed by atoms with E-state index in [-0.39, 0.29) is 0 Å². The summed E-state index contributed by atoms with van der Waals surface area (Å²) in [5, 5.41) is 7.31. The van der Waals surface area contributed by atoms with Crippen molar-refractivity contribution < 1.29 is 4.42 Å². The van der Waals surface area contributed by atoms with Crippen LogP contribution in [0.4, 0.5) is 0 Å². The first-order valence-electron chi connectivity index (χ1n) is 17.0. The maximum atomic E-state index is 6.57. The van der Waals surface area contributed by atoms with Crippen molar-refractivity contribution in [2.75, 3.05) is 0 Å². The molecule has 3 nitrogen and oxygen atoms in total. The average molecular weight is 637 g/mol. The van der Waals surface area contributed by atoms with E-state index in [9.17, 15) is 0 Å². The highest BCUT2D eigenvalue weighted by Gasteiger charge is 2.29. The van der Waals surface area contributed by atoms with Crippen LogP contribution in [0, 0.1) is 0 Å². The van der Waals surface area contributed by atoms with Crippen LogP contribution in [0.25, 0.3) is 105 Å². The van der Waals surface area contributed by atoms with Crippen molar-refractivity contribution in [1.82, 2.24) is 9.55 Å². The standard InChI is InChI=1S/C47H28N2O/c1-3-10-29(11-4-1)34-20-22-42-39(26-34)40-27-35(33-19-18-30-12-7-8-15-32(30)24-33)21-23-43(40)49(42)37-25-36-16-9-17-38-44(36)41(28-37)46-45(38)48-47(50-46)31-13-5-2-6-14-31/h1-28H. The predicted molar refractivity (Wildman–Crippen MR) is 207 cm³/mol. The SMILES string of the molecule is c1ccc(-c2ccc3c(c2)c2cc(-c4ccc5ccccc5c4)ccc2n3-c2cc3c4c(cccc4c2)-c2nc(-c4ccccc4)oc2-3)cc1. The number of hydrogen-bond donors (Lipinski definition) is 0. The van der Waals surface area contributed by atoms with E-state index in [1.807, 2.05) is 30.3 Å². The van der Waals surface area contributed by atoms with Gasteiger partial charge in [0.2, 0.25) is 5.89 Å². The minimum atomic E-state index is 0.648. The third kappa shape index (κ3) is 4.01. The molecule has 0 radical (unpaired) electrons. The van der Waals surface area contributed by atoms with Gasteiger partial charge in [-0.1, -0.05) is 115 Å². The molecule has 0 saturated carbocycles. The van der Waals surface area contributed by atoms with Crippen LogP contribution in [-0.2, 0) is 0 Å². The van der Waals surface area contributed by atoms with Gasteiger partial charge in [0, 0.05) is 38.5 Å². The minimum Gasteiger partial charge on any atom is -0.435 e. The average Bonchev–Trinajstić information content (AvgIpc) is 3.85. The molecule has 3 heteroatoms. The lowest BCUT2D eigenvalue weighted by molar-refractivity contribution is 0.590. The Balaban J connectivity index is 1.15. The molecule has 0 amide bonds. The number of hydrogen-bond acceptors (Lipinski definition) is 2. The van der Waals surface area contributed by atoms with Crippen LogP contribution in [0.2, 0.25) is 0 Å². The van der Waals surface area contributed by atoms with Crippen LogP contribution >= 0.6 is 0 Å². The molecule has 232 valence electrons. The van der Waals surface area contributed by atoms with Gasteiger partial charge in [-0.05, 0) is 93.0 Å². The van der Waals surface area contributed by atoms with E-state index in [2.05, 4.69) is 144 Å². The van der Waals surface area contributed by atoms with Crippen molar-refractivity contribution in [2.24, 2.45) is 0 Å². The summed E-state index contributed by atoms with van der Waals surface area (Å²) in [5.41, 5.74) is 12.4. The van der Waals surface area contributed by atoms with Crippen LogP contribution in [0.5, 0.6) is 0 Å². The molecule has 0 atom stereocenters. The Bertz CT molecular complexity index is 2970. The van der Waals surface area contributed by atoms with E-state index in [1.54, 1.807) is 0 Å². The van der Waals surface area contributed by atoms with Crippen molar-refractivity contribution in [3.8, 4) is 62.0 Å². The third-order valence-electron chi connectivity index (χ3n) is 10.3. The maximum absolute atomic E-state index is 6.57. The third-order valence-corrected chi connectivity index (χ3v) is 10.3. The molecule has 1 aliphatic rings. The van der Waals surface area contributed by atoms with E-state index in [0.717, 1.165) is 33.8 Å². The first kappa shape index (κ1) is 27.3. The first-order chi connectivity index (χ1) is 24.8. The molecule has 11 rings (SSSR count). The van der Waals surface area contributed by atoms with E-state index >= 15 is 0 Å². The lowest BCUT2D eigenvalue weighted by Gasteiger charge is -2.12. The van der Waals surface area contributed by atoms with Gasteiger partial charge in [-0.3, -0.25) is 0 Å². The van der Waals surface area contributed by atoms with Gasteiger partial charge in [-0.25, -0.2) is 4.98 Å². The number of fused-ring (bicyclic) bond motifs is 7. The largest absolute Gasteiger partial charge is 0.435 e. The van der Waals surface area contributed by atoms with Gasteiger partial charge in [0.05, 0.1) is 11.0 Å². The Morgan fingerprint density at radius 3 is 1.80 bits per heavy atom. The van der Waals surface area contributed by atoms with Gasteiger partial charge < -0.3 is 8.98 Å². The fourth-order valence-electron chi connectivity index (χ4n) is 7.97. The summed E-state index contributed by atoms with van der Waals surface area (Å²) in [4.78, 5) is 5.02. The molecule has 0 spiro atoms. The first-order valence-corrected chi connectivity index (χ1v) is 17.0. The Morgan fingerprint density at radius 2 is 1.04 bits per heavy atom. The van der Waals surface area contributed by atoms with Gasteiger partial charge >= 0.3 is 0 Å². The zero-order valence-electron chi connectivity index (χ0n) is 27.0. The summed E-state index contributed by atoms with van der Waals surface area (Å²) in [7, 11) is 0. The molecule has 0 bridgehead atoms. The summed E-state index contributed by atoms with van der Waals surface area (Å²) in [5.74, 6) is 1.48. The zero-order valence-corrected chi connectivity index (χ0v) is 27.0. The molecule has 0 aliphatic heterocycles. The Hall–Kier alpha value is -6.71. The van der Waals surface area contributed by atoms with Crippen molar-refractivity contribution in [2.45, 2.75) is 0 Å². The second-order valence-electron chi connectivity index (χ2n) is 13.2. The van der Waals surface area contributed by atoms with Gasteiger partial charge in [-0.15, -0.1) is 0 Å². The highest BCUT2D eigenvalue weighted by Crippen LogP contribution is 2.50. The summed E-state index contributed by atoms with van der Waals surface area (Å²) >= 11 is 0. The van der Waals surface area contributed by atoms with Crippen LogP contribution in [0.15, 0.2) is 174 Å². The minimum absolute atomic E-state index is 0.648. The fourth-order valence-corrected chi connectivity index (χ4v) is 7.97. The lowest BCUT2D eigenvalue weighted by atomic mass is 9.98. The monoisotopic (exact) mass is 636 g/mol. The topological polar surface area (TPSA) is 31.0 Å². The molecule has 2 heterocycles. The molecule has 10 aromatic rings. The van der Waals surface area contributed by atoms with Crippen LogP contribution in [0.1, 0.15) is 0 Å². The van der Waals surface area contributed by atoms with E-state index < -0.39 is 0 Å². The van der Waals surface area contributed by atoms with Gasteiger partial charge in [0.15, 0.2) is 5.76 Å². The van der Waals surface area contributed by atoms with Gasteiger partial charge in [-0.2, -0.15) is 0 Å². The maximum Gasteiger partial charge on any atom is 0.227 e. The molecular weight excluding hydrogens is 609 g/mol. The quantitative estimate of drug-likeness (QED) is 0.192. The smallest absolute Gasteiger partial charge is 0.227 e. The number of rotatable bonds is 4. The van der Waals surface area contributed by atoms with Gasteiger partial charge in [0.25, 0.3) is 0 Å². The lowest BCUT2D eigenvalue weighted by Crippen LogP contribution is -1.95. The summed E-state index contributed by atoms with van der Waals surface area (Å²) in [6.07, 6.45) is 0. The second-order valence-corrected chi connectivity index (χ2v) is 13.2. The fraction of sp³-hybridized carbons (Fsp3) is 0. The summed E-state index contributed by atoms with van der Waals surface area (Å²) < 4.78 is 8.99. The van der Waals surface area contributed by atoms with Gasteiger partial charge in [0.1, 0.15) is 5.69 Å². The van der Waals surface area contributed by atoms with Crippen LogP contribution in [-0.4, -0.2) is 9.55 Å². The Kier molecular flexibility index (Phi) is 5.67. The van der Waals surface area contributed by atoms with Crippen LogP contribution in [0.3, 0.4) is 0 Å².